The Morgan fingerprint density at radius 1 is 1.37 bits per heavy atom. The molecule has 1 aromatic heterocycles. The highest BCUT2D eigenvalue weighted by Crippen LogP contribution is 2.42. The summed E-state index contributed by atoms with van der Waals surface area (Å²) in [4.78, 5) is 0. The molecule has 0 atom stereocenters. The van der Waals surface area contributed by atoms with Gasteiger partial charge in [-0.2, -0.15) is 0 Å². The summed E-state index contributed by atoms with van der Waals surface area (Å²) in [7, 11) is 2.08. The summed E-state index contributed by atoms with van der Waals surface area (Å²) in [5, 5.41) is 3.42. The monoisotopic (exact) mass is 263 g/mol. The fourth-order valence-corrected chi connectivity index (χ4v) is 3.69. The van der Waals surface area contributed by atoms with Crippen molar-refractivity contribution < 1.29 is 4.42 Å². The summed E-state index contributed by atoms with van der Waals surface area (Å²) in [6.07, 6.45) is 14.6. The van der Waals surface area contributed by atoms with Crippen LogP contribution < -0.4 is 5.32 Å². The van der Waals surface area contributed by atoms with Gasteiger partial charge in [-0.05, 0) is 62.1 Å². The molecule has 1 heterocycles. The molecular formula is C17H29NO. The predicted octanol–water partition coefficient (Wildman–Crippen LogP) is 4.41. The smallest absolute Gasteiger partial charge is 0.0934 e. The Bertz CT molecular complexity index is 336. The third-order valence-corrected chi connectivity index (χ3v) is 4.84. The molecule has 0 radical (unpaired) electrons. The van der Waals surface area contributed by atoms with Gasteiger partial charge >= 0.3 is 0 Å². The van der Waals surface area contributed by atoms with Crippen LogP contribution in [0, 0.1) is 11.3 Å². The van der Waals surface area contributed by atoms with Gasteiger partial charge in [-0.15, -0.1) is 0 Å². The van der Waals surface area contributed by atoms with E-state index in [4.69, 9.17) is 4.42 Å². The van der Waals surface area contributed by atoms with Crippen LogP contribution in [-0.4, -0.2) is 13.6 Å². The predicted molar refractivity (Wildman–Crippen MR) is 80.3 cm³/mol. The summed E-state index contributed by atoms with van der Waals surface area (Å²) in [5.74, 6) is 0.981. The van der Waals surface area contributed by atoms with E-state index < -0.39 is 0 Å². The van der Waals surface area contributed by atoms with E-state index in [1.54, 1.807) is 6.26 Å². The van der Waals surface area contributed by atoms with Gasteiger partial charge in [0.2, 0.25) is 0 Å². The minimum Gasteiger partial charge on any atom is -0.472 e. The Labute approximate surface area is 118 Å². The standard InChI is InChI=1S/C17H29NO/c1-3-4-5-15-6-9-17(10-7-15,14-18-2)12-16-8-11-19-13-16/h8,11,13,15,18H,3-7,9-10,12,14H2,1-2H3. The Hall–Kier alpha value is -0.760. The molecule has 2 rings (SSSR count). The number of rotatable bonds is 7. The topological polar surface area (TPSA) is 25.2 Å². The minimum absolute atomic E-state index is 0.460. The first-order chi connectivity index (χ1) is 9.28. The van der Waals surface area contributed by atoms with Gasteiger partial charge in [-0.1, -0.05) is 26.2 Å². The molecule has 0 amide bonds. The van der Waals surface area contributed by atoms with Gasteiger partial charge in [0.15, 0.2) is 0 Å². The van der Waals surface area contributed by atoms with Gasteiger partial charge in [0.25, 0.3) is 0 Å². The third-order valence-electron chi connectivity index (χ3n) is 4.84. The molecule has 1 aliphatic carbocycles. The van der Waals surface area contributed by atoms with Gasteiger partial charge in [-0.3, -0.25) is 0 Å². The lowest BCUT2D eigenvalue weighted by atomic mass is 9.67. The maximum Gasteiger partial charge on any atom is 0.0934 e. The zero-order valence-electron chi connectivity index (χ0n) is 12.6. The van der Waals surface area contributed by atoms with Crippen molar-refractivity contribution in [2.75, 3.05) is 13.6 Å². The Balaban J connectivity index is 1.91. The quantitative estimate of drug-likeness (QED) is 0.788. The highest BCUT2D eigenvalue weighted by molar-refractivity contribution is 5.10. The maximum absolute atomic E-state index is 5.23. The normalized spacial score (nSPS) is 27.6. The van der Waals surface area contributed by atoms with Crippen LogP contribution in [0.3, 0.4) is 0 Å². The highest BCUT2D eigenvalue weighted by atomic mass is 16.3. The molecule has 0 aromatic carbocycles. The fraction of sp³-hybridized carbons (Fsp3) is 0.765. The summed E-state index contributed by atoms with van der Waals surface area (Å²) in [5.41, 5.74) is 1.82. The van der Waals surface area contributed by atoms with Crippen LogP contribution in [0.4, 0.5) is 0 Å². The molecule has 0 aliphatic heterocycles. The van der Waals surface area contributed by atoms with Gasteiger partial charge in [0.1, 0.15) is 0 Å². The van der Waals surface area contributed by atoms with Crippen LogP contribution in [-0.2, 0) is 6.42 Å². The van der Waals surface area contributed by atoms with Crippen LogP contribution >= 0.6 is 0 Å². The highest BCUT2D eigenvalue weighted by Gasteiger charge is 2.34. The molecule has 1 aliphatic rings. The van der Waals surface area contributed by atoms with Crippen molar-refractivity contribution in [3.8, 4) is 0 Å². The van der Waals surface area contributed by atoms with Crippen LogP contribution in [0.25, 0.3) is 0 Å². The summed E-state index contributed by atoms with van der Waals surface area (Å²) >= 11 is 0. The Morgan fingerprint density at radius 2 is 2.16 bits per heavy atom. The minimum atomic E-state index is 0.460. The molecule has 0 unspecified atom stereocenters. The molecule has 19 heavy (non-hydrogen) atoms. The second-order valence-electron chi connectivity index (χ2n) is 6.42. The van der Waals surface area contributed by atoms with Gasteiger partial charge in [0, 0.05) is 6.54 Å². The molecular weight excluding hydrogens is 234 g/mol. The van der Waals surface area contributed by atoms with E-state index >= 15 is 0 Å². The van der Waals surface area contributed by atoms with Crippen LogP contribution in [0.15, 0.2) is 23.0 Å². The van der Waals surface area contributed by atoms with Crippen molar-refractivity contribution in [1.29, 1.82) is 0 Å². The van der Waals surface area contributed by atoms with Crippen LogP contribution in [0.1, 0.15) is 57.4 Å². The van der Waals surface area contributed by atoms with Crippen molar-refractivity contribution in [2.24, 2.45) is 11.3 Å². The summed E-state index contributed by atoms with van der Waals surface area (Å²) in [6.45, 7) is 3.44. The average Bonchev–Trinajstić information content (AvgIpc) is 2.91. The van der Waals surface area contributed by atoms with E-state index in [1.165, 1.54) is 56.9 Å². The first kappa shape index (κ1) is 14.6. The lowest BCUT2D eigenvalue weighted by molar-refractivity contribution is 0.141. The van der Waals surface area contributed by atoms with Crippen molar-refractivity contribution in [3.05, 3.63) is 24.2 Å². The molecule has 108 valence electrons. The molecule has 0 saturated heterocycles. The number of unbranched alkanes of at least 4 members (excludes halogenated alkanes) is 1. The lowest BCUT2D eigenvalue weighted by Crippen LogP contribution is -2.38. The van der Waals surface area contributed by atoms with Crippen LogP contribution in [0.5, 0.6) is 0 Å². The molecule has 1 fully saturated rings. The molecule has 1 N–H and O–H groups in total. The Kier molecular flexibility index (Phi) is 5.50. The second kappa shape index (κ2) is 7.14. The number of nitrogens with one attached hydrogen (secondary N) is 1. The molecule has 1 aromatic rings. The van der Waals surface area contributed by atoms with Crippen molar-refractivity contribution in [1.82, 2.24) is 5.32 Å². The zero-order valence-corrected chi connectivity index (χ0v) is 12.6. The van der Waals surface area contributed by atoms with Crippen molar-refractivity contribution in [2.45, 2.75) is 58.3 Å². The first-order valence-electron chi connectivity index (χ1n) is 7.94. The summed E-state index contributed by atoms with van der Waals surface area (Å²) < 4.78 is 5.23. The van der Waals surface area contributed by atoms with Crippen LogP contribution in [0.2, 0.25) is 0 Å². The molecule has 1 saturated carbocycles. The second-order valence-corrected chi connectivity index (χ2v) is 6.42. The fourth-order valence-electron chi connectivity index (χ4n) is 3.69. The summed E-state index contributed by atoms with van der Waals surface area (Å²) in [6, 6.07) is 2.13. The first-order valence-corrected chi connectivity index (χ1v) is 7.94. The van der Waals surface area contributed by atoms with E-state index in [0.29, 0.717) is 5.41 Å². The third kappa shape index (κ3) is 4.10. The zero-order chi connectivity index (χ0) is 13.6. The van der Waals surface area contributed by atoms with E-state index in [0.717, 1.165) is 12.5 Å². The molecule has 0 spiro atoms. The number of furan rings is 1. The molecule has 0 bridgehead atoms. The lowest BCUT2D eigenvalue weighted by Gasteiger charge is -2.40. The van der Waals surface area contributed by atoms with Crippen molar-refractivity contribution in [3.63, 3.8) is 0 Å². The van der Waals surface area contributed by atoms with Gasteiger partial charge < -0.3 is 9.73 Å². The Morgan fingerprint density at radius 3 is 2.74 bits per heavy atom. The largest absolute Gasteiger partial charge is 0.472 e. The molecule has 2 nitrogen and oxygen atoms in total. The molecule has 2 heteroatoms. The SMILES string of the molecule is CCCCC1CCC(CNC)(Cc2ccoc2)CC1. The van der Waals surface area contributed by atoms with Gasteiger partial charge in [-0.25, -0.2) is 0 Å². The van der Waals surface area contributed by atoms with Gasteiger partial charge in [0.05, 0.1) is 12.5 Å². The van der Waals surface area contributed by atoms with E-state index in [2.05, 4.69) is 25.4 Å². The maximum atomic E-state index is 5.23. The van der Waals surface area contributed by atoms with E-state index in [-0.39, 0.29) is 0 Å². The number of hydrogen-bond acceptors (Lipinski definition) is 2. The van der Waals surface area contributed by atoms with E-state index in [1.807, 2.05) is 6.26 Å². The van der Waals surface area contributed by atoms with E-state index in [9.17, 15) is 0 Å². The number of hydrogen-bond donors (Lipinski definition) is 1. The average molecular weight is 263 g/mol. The van der Waals surface area contributed by atoms with Crippen molar-refractivity contribution >= 4 is 0 Å².